The van der Waals surface area contributed by atoms with E-state index >= 15 is 0 Å². The van der Waals surface area contributed by atoms with Crippen molar-refractivity contribution in [3.63, 3.8) is 0 Å². The Morgan fingerprint density at radius 3 is 2.89 bits per heavy atom. The number of ether oxygens (including phenoxy) is 1. The Kier molecular flexibility index (Phi) is 5.11. The van der Waals surface area contributed by atoms with E-state index in [1.165, 1.54) is 13.3 Å². The normalized spacial score (nSPS) is 10.4. The lowest BCUT2D eigenvalue weighted by atomic mass is 10.2. The zero-order valence-corrected chi connectivity index (χ0v) is 14.8. The molecule has 9 nitrogen and oxygen atoms in total. The van der Waals surface area contributed by atoms with Crippen LogP contribution in [0.25, 0.3) is 22.6 Å². The number of aromatic nitrogens is 3. The highest BCUT2D eigenvalue weighted by Crippen LogP contribution is 2.25. The minimum atomic E-state index is -0.494. The number of methoxy groups -OCH3 is 1. The van der Waals surface area contributed by atoms with Crippen molar-refractivity contribution in [1.29, 1.82) is 0 Å². The van der Waals surface area contributed by atoms with E-state index < -0.39 is 12.0 Å². The average molecular weight is 367 g/mol. The molecule has 0 fully saturated rings. The smallest absolute Gasteiger partial charge is 0.341 e. The molecule has 3 aromatic rings. The van der Waals surface area contributed by atoms with E-state index in [-0.39, 0.29) is 0 Å². The van der Waals surface area contributed by atoms with Crippen LogP contribution in [-0.4, -0.2) is 40.6 Å². The fraction of sp³-hybridized carbons (Fsp3) is 0.167. The Morgan fingerprint density at radius 1 is 1.33 bits per heavy atom. The number of nitrogens with one attached hydrogen (secondary N) is 2. The van der Waals surface area contributed by atoms with Crippen molar-refractivity contribution in [2.75, 3.05) is 19.0 Å². The van der Waals surface area contributed by atoms with Crippen molar-refractivity contribution in [3.05, 3.63) is 48.4 Å². The van der Waals surface area contributed by atoms with E-state index in [1.807, 2.05) is 0 Å². The maximum atomic E-state index is 11.7. The van der Waals surface area contributed by atoms with E-state index in [0.29, 0.717) is 46.3 Å². The van der Waals surface area contributed by atoms with Gasteiger partial charge in [0, 0.05) is 12.6 Å². The number of urea groups is 1. The van der Waals surface area contributed by atoms with Crippen molar-refractivity contribution in [1.82, 2.24) is 20.3 Å². The molecule has 138 valence electrons. The number of furan rings is 1. The summed E-state index contributed by atoms with van der Waals surface area (Å²) in [6.45, 7) is 5.53. The number of aryl methyl sites for hydroxylation is 1. The number of rotatable bonds is 5. The van der Waals surface area contributed by atoms with Crippen LogP contribution in [0.15, 0.2) is 41.5 Å². The van der Waals surface area contributed by atoms with Gasteiger partial charge in [-0.15, -0.1) is 6.58 Å². The van der Waals surface area contributed by atoms with Crippen LogP contribution in [0.1, 0.15) is 16.1 Å². The highest BCUT2D eigenvalue weighted by molar-refractivity contribution is 5.92. The van der Waals surface area contributed by atoms with Gasteiger partial charge in [-0.1, -0.05) is 6.08 Å². The summed E-state index contributed by atoms with van der Waals surface area (Å²) in [6, 6.07) is 4.45. The molecule has 0 aliphatic rings. The summed E-state index contributed by atoms with van der Waals surface area (Å²) in [5, 5.41) is 5.19. The van der Waals surface area contributed by atoms with Gasteiger partial charge in [0.1, 0.15) is 28.4 Å². The maximum Gasteiger partial charge on any atom is 0.341 e. The second-order valence-corrected chi connectivity index (χ2v) is 5.49. The number of nitrogens with zero attached hydrogens (tertiary/aromatic N) is 3. The van der Waals surface area contributed by atoms with Crippen LogP contribution in [0.3, 0.4) is 0 Å². The summed E-state index contributed by atoms with van der Waals surface area (Å²) < 4.78 is 10.3. The van der Waals surface area contributed by atoms with Gasteiger partial charge in [-0.05, 0) is 19.1 Å². The van der Waals surface area contributed by atoms with Crippen LogP contribution < -0.4 is 10.6 Å². The number of hydrogen-bond acceptors (Lipinski definition) is 7. The van der Waals surface area contributed by atoms with Gasteiger partial charge in [-0.25, -0.2) is 19.6 Å². The predicted molar refractivity (Wildman–Crippen MR) is 98.3 cm³/mol. The molecule has 0 spiro atoms. The van der Waals surface area contributed by atoms with Crippen LogP contribution in [-0.2, 0) is 4.74 Å². The van der Waals surface area contributed by atoms with Crippen molar-refractivity contribution in [2.24, 2.45) is 0 Å². The Bertz CT molecular complexity index is 1030. The van der Waals surface area contributed by atoms with Crippen LogP contribution >= 0.6 is 0 Å². The fourth-order valence-electron chi connectivity index (χ4n) is 2.33. The third-order valence-electron chi connectivity index (χ3n) is 3.63. The third kappa shape index (κ3) is 3.92. The van der Waals surface area contributed by atoms with Crippen molar-refractivity contribution < 1.29 is 18.7 Å². The zero-order valence-electron chi connectivity index (χ0n) is 14.8. The number of hydrogen-bond donors (Lipinski definition) is 2. The van der Waals surface area contributed by atoms with E-state index in [4.69, 9.17) is 9.15 Å². The lowest BCUT2D eigenvalue weighted by Crippen LogP contribution is -2.28. The van der Waals surface area contributed by atoms with Gasteiger partial charge in [-0.2, -0.15) is 0 Å². The molecule has 2 amide bonds. The fourth-order valence-corrected chi connectivity index (χ4v) is 2.33. The van der Waals surface area contributed by atoms with E-state index in [2.05, 4.69) is 32.2 Å². The molecule has 27 heavy (non-hydrogen) atoms. The largest absolute Gasteiger partial charge is 0.465 e. The molecule has 0 aliphatic carbocycles. The van der Waals surface area contributed by atoms with E-state index in [9.17, 15) is 9.59 Å². The highest BCUT2D eigenvalue weighted by atomic mass is 16.5. The maximum absolute atomic E-state index is 11.7. The molecule has 0 bridgehead atoms. The summed E-state index contributed by atoms with van der Waals surface area (Å²) in [7, 11) is 1.30. The lowest BCUT2D eigenvalue weighted by Gasteiger charge is -2.06. The lowest BCUT2D eigenvalue weighted by molar-refractivity contribution is 0.0598. The molecular weight excluding hydrogens is 350 g/mol. The van der Waals surface area contributed by atoms with Gasteiger partial charge in [0.05, 0.1) is 13.3 Å². The number of esters is 1. The van der Waals surface area contributed by atoms with E-state index in [1.54, 1.807) is 31.2 Å². The van der Waals surface area contributed by atoms with Gasteiger partial charge in [-0.3, -0.25) is 10.3 Å². The number of pyridine rings is 1. The summed E-state index contributed by atoms with van der Waals surface area (Å²) in [6.07, 6.45) is 3.09. The first-order valence-corrected chi connectivity index (χ1v) is 8.00. The molecule has 3 rings (SSSR count). The molecule has 0 atom stereocenters. The van der Waals surface area contributed by atoms with Gasteiger partial charge in [0.15, 0.2) is 11.4 Å². The first-order chi connectivity index (χ1) is 13.0. The molecule has 0 unspecified atom stereocenters. The topological polar surface area (TPSA) is 119 Å². The van der Waals surface area contributed by atoms with Crippen molar-refractivity contribution in [2.45, 2.75) is 6.92 Å². The van der Waals surface area contributed by atoms with Crippen molar-refractivity contribution >= 4 is 29.0 Å². The van der Waals surface area contributed by atoms with E-state index in [0.717, 1.165) is 0 Å². The first kappa shape index (κ1) is 18.1. The molecular formula is C18H17N5O4. The molecule has 3 aromatic heterocycles. The third-order valence-corrected chi connectivity index (χ3v) is 3.63. The second-order valence-electron chi connectivity index (χ2n) is 5.49. The summed E-state index contributed by atoms with van der Waals surface area (Å²) in [5.41, 5.74) is 1.59. The molecule has 0 aliphatic heterocycles. The standard InChI is InChI=1S/C18H17N5O4/c1-4-7-19-18(25)23-15-6-5-12-16(22-15)21-13(9-20-12)14-8-11(10(2)27-14)17(24)26-3/h4-6,8-9H,1,7H2,2-3H3,(H2,19,21,22,23,25). The van der Waals surface area contributed by atoms with Gasteiger partial charge in [0.2, 0.25) is 0 Å². The number of carbonyl (C=O) groups is 2. The van der Waals surface area contributed by atoms with Gasteiger partial charge >= 0.3 is 12.0 Å². The van der Waals surface area contributed by atoms with Crippen LogP contribution in [0.5, 0.6) is 0 Å². The quantitative estimate of drug-likeness (QED) is 0.525. The Morgan fingerprint density at radius 2 is 2.15 bits per heavy atom. The predicted octanol–water partition coefficient (Wildman–Crippen LogP) is 2.69. The second kappa shape index (κ2) is 7.65. The van der Waals surface area contributed by atoms with Gasteiger partial charge < -0.3 is 14.5 Å². The molecule has 9 heteroatoms. The summed E-state index contributed by atoms with van der Waals surface area (Å²) in [5.74, 6) is 0.611. The zero-order chi connectivity index (χ0) is 19.4. The molecule has 2 N–H and O–H groups in total. The molecule has 0 saturated heterocycles. The van der Waals surface area contributed by atoms with Crippen LogP contribution in [0.4, 0.5) is 10.6 Å². The van der Waals surface area contributed by atoms with Crippen molar-refractivity contribution in [3.8, 4) is 11.5 Å². The number of carbonyl (C=O) groups excluding carboxylic acids is 2. The average Bonchev–Trinajstić information content (AvgIpc) is 3.07. The number of amides is 2. The first-order valence-electron chi connectivity index (χ1n) is 8.00. The molecule has 3 heterocycles. The van der Waals surface area contributed by atoms with Gasteiger partial charge in [0.25, 0.3) is 0 Å². The Hall–Kier alpha value is -3.75. The Labute approximate surface area is 154 Å². The van der Waals surface area contributed by atoms with Crippen LogP contribution in [0, 0.1) is 6.92 Å². The molecule has 0 saturated carbocycles. The highest BCUT2D eigenvalue weighted by Gasteiger charge is 2.17. The number of anilines is 1. The molecule has 0 radical (unpaired) electrons. The monoisotopic (exact) mass is 367 g/mol. The molecule has 0 aromatic carbocycles. The van der Waals surface area contributed by atoms with Crippen LogP contribution in [0.2, 0.25) is 0 Å². The number of fused-ring (bicyclic) bond motifs is 1. The minimum Gasteiger partial charge on any atom is -0.465 e. The summed E-state index contributed by atoms with van der Waals surface area (Å²) in [4.78, 5) is 36.4. The summed E-state index contributed by atoms with van der Waals surface area (Å²) >= 11 is 0. The minimum absolute atomic E-state index is 0.316. The SMILES string of the molecule is C=CCNC(=O)Nc1ccc2ncc(-c3cc(C(=O)OC)c(C)o3)nc2n1. The Balaban J connectivity index is 1.91.